The summed E-state index contributed by atoms with van der Waals surface area (Å²) in [6.45, 7) is 9.02. The van der Waals surface area contributed by atoms with Crippen molar-refractivity contribution >= 4 is 33.6 Å². The zero-order chi connectivity index (χ0) is 34.3. The summed E-state index contributed by atoms with van der Waals surface area (Å²) in [7, 11) is 0. The fourth-order valence-corrected chi connectivity index (χ4v) is 7.87. The van der Waals surface area contributed by atoms with Crippen LogP contribution in [0.15, 0.2) is 48.5 Å². The molecule has 3 aromatic carbocycles. The van der Waals surface area contributed by atoms with Crippen LogP contribution in [-0.4, -0.2) is 82.4 Å². The van der Waals surface area contributed by atoms with Crippen LogP contribution in [0, 0.1) is 29.5 Å². The highest BCUT2D eigenvalue weighted by atomic mass is 19.1. The van der Waals surface area contributed by atoms with Gasteiger partial charge in [-0.3, -0.25) is 4.90 Å². The Labute approximate surface area is 286 Å². The van der Waals surface area contributed by atoms with Gasteiger partial charge in [0.2, 0.25) is 0 Å². The molecular formula is C39H41FN6O3. The summed E-state index contributed by atoms with van der Waals surface area (Å²) in [4.78, 5) is 28.9. The van der Waals surface area contributed by atoms with E-state index in [-0.39, 0.29) is 23.5 Å². The molecule has 4 heterocycles. The van der Waals surface area contributed by atoms with Gasteiger partial charge in [0.25, 0.3) is 0 Å². The van der Waals surface area contributed by atoms with Crippen molar-refractivity contribution in [2.75, 3.05) is 44.2 Å². The van der Waals surface area contributed by atoms with Gasteiger partial charge in [0.05, 0.1) is 24.1 Å². The number of benzene rings is 3. The molecule has 3 aliphatic heterocycles. The van der Waals surface area contributed by atoms with Gasteiger partial charge in [0.1, 0.15) is 23.5 Å². The molecule has 3 saturated heterocycles. The Kier molecular flexibility index (Phi) is 8.54. The molecule has 0 unspecified atom stereocenters. The monoisotopic (exact) mass is 660 g/mol. The maximum atomic E-state index is 17.0. The number of hydrogen-bond donors (Lipinski definition) is 0. The van der Waals surface area contributed by atoms with Crippen LogP contribution in [-0.2, 0) is 4.74 Å². The van der Waals surface area contributed by atoms with Gasteiger partial charge >= 0.3 is 12.1 Å². The van der Waals surface area contributed by atoms with E-state index in [1.54, 1.807) is 11.0 Å². The number of amides is 1. The minimum atomic E-state index is -0.672. The molecule has 4 aromatic rings. The Bertz CT molecular complexity index is 2000. The number of aromatic nitrogens is 2. The third-order valence-corrected chi connectivity index (χ3v) is 10.1. The Morgan fingerprint density at radius 2 is 1.80 bits per heavy atom. The quantitative estimate of drug-likeness (QED) is 0.206. The lowest BCUT2D eigenvalue weighted by atomic mass is 9.93. The molecule has 0 spiro atoms. The number of carbonyl (C=O) groups is 1. The van der Waals surface area contributed by atoms with Gasteiger partial charge in [-0.15, -0.1) is 6.42 Å². The van der Waals surface area contributed by atoms with Gasteiger partial charge in [-0.2, -0.15) is 15.2 Å². The fraction of sp³-hybridized carbons (Fsp3) is 0.436. The summed E-state index contributed by atoms with van der Waals surface area (Å²) in [5.74, 6) is 2.77. The number of ether oxygens (including phenoxy) is 2. The first-order valence-corrected chi connectivity index (χ1v) is 17.1. The minimum absolute atomic E-state index is 0.0512. The molecule has 9 nitrogen and oxygen atoms in total. The SMILES string of the molecule is C#Cc1cccc2cccc(-c3ccc4c(N5CCN(C(=O)OC(C)(C)C)[C@@H](CC#N)C5)nc(OCC56CCCN5CCC6)nc4c3F)c12. The fourth-order valence-electron chi connectivity index (χ4n) is 7.87. The lowest BCUT2D eigenvalue weighted by molar-refractivity contribution is 0.0145. The van der Waals surface area contributed by atoms with Crippen LogP contribution in [0.3, 0.4) is 0 Å². The van der Waals surface area contributed by atoms with E-state index in [9.17, 15) is 10.1 Å². The lowest BCUT2D eigenvalue weighted by Gasteiger charge is -2.41. The normalized spacial score (nSPS) is 19.1. The van der Waals surface area contributed by atoms with Crippen LogP contribution < -0.4 is 9.64 Å². The first-order chi connectivity index (χ1) is 23.6. The Morgan fingerprint density at radius 1 is 1.04 bits per heavy atom. The summed E-state index contributed by atoms with van der Waals surface area (Å²) in [6.07, 6.45) is 9.88. The summed E-state index contributed by atoms with van der Waals surface area (Å²) in [6, 6.07) is 17.0. The maximum absolute atomic E-state index is 17.0. The van der Waals surface area contributed by atoms with E-state index in [2.05, 4.69) is 16.9 Å². The van der Waals surface area contributed by atoms with E-state index < -0.39 is 23.6 Å². The average Bonchev–Trinajstić information content (AvgIpc) is 3.67. The Hall–Kier alpha value is -4.93. The molecule has 3 fully saturated rings. The molecule has 0 radical (unpaired) electrons. The highest BCUT2D eigenvalue weighted by molar-refractivity contribution is 6.03. The van der Waals surface area contributed by atoms with Crippen molar-refractivity contribution in [3.8, 4) is 35.6 Å². The van der Waals surface area contributed by atoms with Crippen LogP contribution in [0.1, 0.15) is 58.4 Å². The number of fused-ring (bicyclic) bond motifs is 3. The largest absolute Gasteiger partial charge is 0.461 e. The Morgan fingerprint density at radius 3 is 2.51 bits per heavy atom. The molecule has 7 rings (SSSR count). The number of terminal acetylenes is 1. The second-order valence-corrected chi connectivity index (χ2v) is 14.3. The van der Waals surface area contributed by atoms with Gasteiger partial charge in [-0.1, -0.05) is 42.3 Å². The van der Waals surface area contributed by atoms with Gasteiger partial charge in [0, 0.05) is 41.5 Å². The zero-order valence-electron chi connectivity index (χ0n) is 28.3. The third-order valence-electron chi connectivity index (χ3n) is 10.1. The predicted octanol–water partition coefficient (Wildman–Crippen LogP) is 6.92. The summed E-state index contributed by atoms with van der Waals surface area (Å²) >= 11 is 0. The topological polar surface area (TPSA) is 94.8 Å². The summed E-state index contributed by atoms with van der Waals surface area (Å²) in [5, 5.41) is 11.9. The first kappa shape index (κ1) is 32.6. The minimum Gasteiger partial charge on any atom is -0.461 e. The molecule has 1 amide bonds. The summed E-state index contributed by atoms with van der Waals surface area (Å²) < 4.78 is 29.1. The number of anilines is 1. The van der Waals surface area contributed by atoms with Gasteiger partial charge in [-0.05, 0) is 82.6 Å². The van der Waals surface area contributed by atoms with Crippen LogP contribution in [0.2, 0.25) is 0 Å². The van der Waals surface area contributed by atoms with E-state index in [4.69, 9.17) is 25.9 Å². The number of halogens is 1. The smallest absolute Gasteiger partial charge is 0.410 e. The van der Waals surface area contributed by atoms with Crippen LogP contribution >= 0.6 is 0 Å². The molecular weight excluding hydrogens is 619 g/mol. The number of hydrogen-bond acceptors (Lipinski definition) is 8. The van der Waals surface area contributed by atoms with Crippen molar-refractivity contribution in [2.45, 2.75) is 70.1 Å². The molecule has 3 aliphatic rings. The van der Waals surface area contributed by atoms with Crippen molar-refractivity contribution < 1.29 is 18.7 Å². The highest BCUT2D eigenvalue weighted by Gasteiger charge is 2.45. The second-order valence-electron chi connectivity index (χ2n) is 14.3. The van der Waals surface area contributed by atoms with E-state index in [0.717, 1.165) is 49.5 Å². The first-order valence-electron chi connectivity index (χ1n) is 17.1. The Balaban J connectivity index is 1.31. The molecule has 49 heavy (non-hydrogen) atoms. The van der Waals surface area contributed by atoms with Crippen molar-refractivity contribution in [1.29, 1.82) is 5.26 Å². The van der Waals surface area contributed by atoms with Gasteiger partial charge in [-0.25, -0.2) is 9.18 Å². The lowest BCUT2D eigenvalue weighted by Crippen LogP contribution is -2.56. The molecule has 0 aliphatic carbocycles. The molecule has 10 heteroatoms. The second kappa shape index (κ2) is 12.8. The molecule has 0 bridgehead atoms. The highest BCUT2D eigenvalue weighted by Crippen LogP contribution is 2.41. The number of piperazine rings is 1. The van der Waals surface area contributed by atoms with E-state index in [0.29, 0.717) is 54.1 Å². The third kappa shape index (κ3) is 6.11. The van der Waals surface area contributed by atoms with Crippen LogP contribution in [0.5, 0.6) is 6.01 Å². The molecule has 1 atom stereocenters. The molecule has 252 valence electrons. The van der Waals surface area contributed by atoms with Gasteiger partial charge in [0.15, 0.2) is 5.82 Å². The number of carbonyl (C=O) groups excluding carboxylic acids is 1. The molecule has 0 N–H and O–H groups in total. The van der Waals surface area contributed by atoms with E-state index >= 15 is 4.39 Å². The van der Waals surface area contributed by atoms with Crippen LogP contribution in [0.25, 0.3) is 32.8 Å². The number of rotatable bonds is 6. The predicted molar refractivity (Wildman–Crippen MR) is 188 cm³/mol. The van der Waals surface area contributed by atoms with Crippen molar-refractivity contribution in [3.63, 3.8) is 0 Å². The van der Waals surface area contributed by atoms with E-state index in [1.807, 2.05) is 68.1 Å². The van der Waals surface area contributed by atoms with Gasteiger partial charge < -0.3 is 19.3 Å². The van der Waals surface area contributed by atoms with Crippen molar-refractivity contribution in [1.82, 2.24) is 19.8 Å². The van der Waals surface area contributed by atoms with Crippen LogP contribution in [0.4, 0.5) is 15.0 Å². The van der Waals surface area contributed by atoms with Crippen molar-refractivity contribution in [3.05, 3.63) is 59.9 Å². The summed E-state index contributed by atoms with van der Waals surface area (Å²) in [5.41, 5.74) is 1.16. The molecule has 0 saturated carbocycles. The average molecular weight is 661 g/mol. The zero-order valence-corrected chi connectivity index (χ0v) is 28.3. The number of nitriles is 1. The van der Waals surface area contributed by atoms with E-state index in [1.165, 1.54) is 0 Å². The number of nitrogens with zero attached hydrogens (tertiary/aromatic N) is 6. The standard InChI is InChI=1S/C39H41FN6O3/c1-5-26-10-6-11-27-12-7-13-29(32(26)27)30-14-15-31-34(33(30)40)42-36(48-25-39-17-8-20-45(39)21-9-18-39)43-35(31)44-22-23-46(28(24-44)16-19-41)37(47)49-38(2,3)4/h1,6-7,10-15,28H,8-9,16-18,20-25H2,2-4H3/t28-/m0/s1. The van der Waals surface area contributed by atoms with Crippen molar-refractivity contribution in [2.24, 2.45) is 0 Å². The maximum Gasteiger partial charge on any atom is 0.410 e. The molecule has 1 aromatic heterocycles.